The van der Waals surface area contributed by atoms with Gasteiger partial charge in [-0.3, -0.25) is 0 Å². The Hall–Kier alpha value is -0.635. The molecule has 0 aliphatic rings. The molecule has 42 valence electrons. The van der Waals surface area contributed by atoms with Crippen molar-refractivity contribution >= 4 is 7.28 Å². The van der Waals surface area contributed by atoms with Crippen LogP contribution in [0.25, 0.3) is 0 Å². The van der Waals surface area contributed by atoms with Crippen LogP contribution in [0.1, 0.15) is 13.8 Å². The number of hydrogen-bond acceptors (Lipinski definition) is 0. The Morgan fingerprint density at radius 3 is 2.38 bits per heavy atom. The Morgan fingerprint density at radius 2 is 2.25 bits per heavy atom. The third kappa shape index (κ3) is 3.55. The second-order valence-corrected chi connectivity index (χ2v) is 2.35. The van der Waals surface area contributed by atoms with Crippen molar-refractivity contribution in [2.45, 2.75) is 19.7 Å². The molecule has 0 fully saturated rings. The average molecular weight is 106 g/mol. The molecule has 0 saturated carbocycles. The molecule has 0 unspecified atom stereocenters. The van der Waals surface area contributed by atoms with Gasteiger partial charge in [0.1, 0.15) is 0 Å². The molecule has 0 N–H and O–H groups in total. The number of terminal acetylenes is 1. The fourth-order valence-corrected chi connectivity index (χ4v) is 0.552. The van der Waals surface area contributed by atoms with Gasteiger partial charge < -0.3 is 0 Å². The van der Waals surface area contributed by atoms with Gasteiger partial charge in [-0.15, -0.1) is 6.42 Å². The number of rotatable bonds is 2. The van der Waals surface area contributed by atoms with Gasteiger partial charge in [-0.2, -0.15) is 0 Å². The van der Waals surface area contributed by atoms with Crippen LogP contribution in [0, 0.1) is 12.3 Å². The minimum Gasteiger partial charge on any atom is -0.116 e. The van der Waals surface area contributed by atoms with Crippen LogP contribution < -0.4 is 0 Å². The molecule has 0 aromatic rings. The smallest absolute Gasteiger partial charge is 0.116 e. The van der Waals surface area contributed by atoms with E-state index in [0.29, 0.717) is 5.82 Å². The Kier molecular flexibility index (Phi) is 3.11. The first-order valence-corrected chi connectivity index (χ1v) is 2.81. The summed E-state index contributed by atoms with van der Waals surface area (Å²) in [5.41, 5.74) is 0.903. The van der Waals surface area contributed by atoms with Gasteiger partial charge in [0.2, 0.25) is 0 Å². The molecule has 1 heteroatoms. The van der Waals surface area contributed by atoms with E-state index in [9.17, 15) is 0 Å². The summed E-state index contributed by atoms with van der Waals surface area (Å²) in [5, 5.41) is 0. The fourth-order valence-electron chi connectivity index (χ4n) is 0.552. The molecule has 8 heavy (non-hydrogen) atoms. The first kappa shape index (κ1) is 7.36. The molecule has 0 nitrogen and oxygen atoms in total. The first-order chi connectivity index (χ1) is 3.66. The molecule has 0 saturated heterocycles. The summed E-state index contributed by atoms with van der Waals surface area (Å²) in [5.74, 6) is 3.14. The van der Waals surface area contributed by atoms with E-state index >= 15 is 0 Å². The maximum atomic E-state index is 5.07. The quantitative estimate of drug-likeness (QED) is 0.368. The molecule has 0 aromatic heterocycles. The van der Waals surface area contributed by atoms with Crippen LogP contribution in [0.2, 0.25) is 5.82 Å². The minimum atomic E-state index is 0.638. The SMILES string of the molecule is C#CC(=C)BC(C)C. The molecule has 0 aromatic carbocycles. The molecule has 0 atom stereocenters. The van der Waals surface area contributed by atoms with Crippen molar-refractivity contribution in [3.8, 4) is 12.3 Å². The Morgan fingerprint density at radius 1 is 1.75 bits per heavy atom. The van der Waals surface area contributed by atoms with Crippen LogP contribution in [-0.2, 0) is 0 Å². The summed E-state index contributed by atoms with van der Waals surface area (Å²) in [4.78, 5) is 0. The van der Waals surface area contributed by atoms with Gasteiger partial charge in [-0.25, -0.2) is 0 Å². The Labute approximate surface area is 52.2 Å². The van der Waals surface area contributed by atoms with Crippen LogP contribution in [0.15, 0.2) is 12.1 Å². The van der Waals surface area contributed by atoms with Gasteiger partial charge >= 0.3 is 0 Å². The van der Waals surface area contributed by atoms with Crippen molar-refractivity contribution in [2.75, 3.05) is 0 Å². The summed E-state index contributed by atoms with van der Waals surface area (Å²) in [6.45, 7) is 7.93. The zero-order chi connectivity index (χ0) is 6.57. The highest BCUT2D eigenvalue weighted by Crippen LogP contribution is 2.00. The van der Waals surface area contributed by atoms with Crippen molar-refractivity contribution in [1.82, 2.24) is 0 Å². The lowest BCUT2D eigenvalue weighted by atomic mass is 9.61. The second-order valence-electron chi connectivity index (χ2n) is 2.35. The Balaban J connectivity index is 3.44. The van der Waals surface area contributed by atoms with Crippen molar-refractivity contribution in [1.29, 1.82) is 0 Å². The fraction of sp³-hybridized carbons (Fsp3) is 0.429. The molecular formula is C7H11B. The molecule has 0 heterocycles. The molecule has 0 bridgehead atoms. The van der Waals surface area contributed by atoms with Crippen LogP contribution in [-0.4, -0.2) is 7.28 Å². The van der Waals surface area contributed by atoms with Gasteiger partial charge in [-0.1, -0.05) is 32.2 Å². The highest BCUT2D eigenvalue weighted by molar-refractivity contribution is 6.48. The predicted molar refractivity (Wildman–Crippen MR) is 40.2 cm³/mol. The standard InChI is InChI=1S/C7H11B/c1-5-7(4)8-6(2)3/h1,6,8H,4H2,2-3H3. The first-order valence-electron chi connectivity index (χ1n) is 2.81. The third-order valence-electron chi connectivity index (χ3n) is 0.859. The van der Waals surface area contributed by atoms with Crippen LogP contribution in [0.5, 0.6) is 0 Å². The third-order valence-corrected chi connectivity index (χ3v) is 0.859. The molecule has 0 spiro atoms. The van der Waals surface area contributed by atoms with E-state index < -0.39 is 0 Å². The molecule has 0 aliphatic heterocycles. The van der Waals surface area contributed by atoms with Crippen LogP contribution in [0.3, 0.4) is 0 Å². The predicted octanol–water partition coefficient (Wildman–Crippen LogP) is 1.40. The van der Waals surface area contributed by atoms with Crippen LogP contribution >= 0.6 is 0 Å². The lowest BCUT2D eigenvalue weighted by Crippen LogP contribution is -1.96. The van der Waals surface area contributed by atoms with E-state index in [1.165, 1.54) is 0 Å². The van der Waals surface area contributed by atoms with E-state index in [1.807, 2.05) is 0 Å². The average Bonchev–Trinajstić information content (AvgIpc) is 1.65. The number of allylic oxidation sites excluding steroid dienone is 1. The van der Waals surface area contributed by atoms with Crippen molar-refractivity contribution in [2.24, 2.45) is 0 Å². The molecule has 0 rings (SSSR count). The summed E-state index contributed by atoms with van der Waals surface area (Å²) in [6, 6.07) is 0. The number of hydrogen-bond donors (Lipinski definition) is 0. The van der Waals surface area contributed by atoms with Gasteiger partial charge in [0, 0.05) is 0 Å². The summed E-state index contributed by atoms with van der Waals surface area (Å²) >= 11 is 0. The van der Waals surface area contributed by atoms with Gasteiger partial charge in [0.25, 0.3) is 0 Å². The van der Waals surface area contributed by atoms with Gasteiger partial charge in [0.05, 0.1) is 0 Å². The van der Waals surface area contributed by atoms with Crippen LogP contribution in [0.4, 0.5) is 0 Å². The van der Waals surface area contributed by atoms with Crippen molar-refractivity contribution in [3.63, 3.8) is 0 Å². The summed E-state index contributed by atoms with van der Waals surface area (Å²) < 4.78 is 0. The molecule has 0 radical (unpaired) electrons. The maximum absolute atomic E-state index is 5.07. The largest absolute Gasteiger partial charge is 0.170 e. The van der Waals surface area contributed by atoms with Crippen molar-refractivity contribution in [3.05, 3.63) is 12.1 Å². The lowest BCUT2D eigenvalue weighted by Gasteiger charge is -1.96. The van der Waals surface area contributed by atoms with Crippen molar-refractivity contribution < 1.29 is 0 Å². The summed E-state index contributed by atoms with van der Waals surface area (Å²) in [6.07, 6.45) is 5.07. The topological polar surface area (TPSA) is 0 Å². The molecule has 0 amide bonds. The monoisotopic (exact) mass is 106 g/mol. The van der Waals surface area contributed by atoms with E-state index in [-0.39, 0.29) is 0 Å². The molecule has 0 aliphatic carbocycles. The Bertz CT molecular complexity index is 117. The lowest BCUT2D eigenvalue weighted by molar-refractivity contribution is 1.06. The molecular weight excluding hydrogens is 94.9 g/mol. The van der Waals surface area contributed by atoms with Gasteiger partial charge in [0.15, 0.2) is 7.28 Å². The van der Waals surface area contributed by atoms with E-state index in [2.05, 4.69) is 26.3 Å². The second kappa shape index (κ2) is 3.38. The normalized spacial score (nSPS) is 8.25. The summed E-state index contributed by atoms with van der Waals surface area (Å²) in [7, 11) is 0.955. The highest BCUT2D eigenvalue weighted by Gasteiger charge is 1.96. The minimum absolute atomic E-state index is 0.638. The van der Waals surface area contributed by atoms with Gasteiger partial charge in [-0.05, 0) is 5.47 Å². The zero-order valence-corrected chi connectivity index (χ0v) is 5.57. The van der Waals surface area contributed by atoms with E-state index in [4.69, 9.17) is 6.42 Å². The zero-order valence-electron chi connectivity index (χ0n) is 5.57. The highest BCUT2D eigenvalue weighted by atomic mass is 13.8. The van der Waals surface area contributed by atoms with E-state index in [1.54, 1.807) is 0 Å². The maximum Gasteiger partial charge on any atom is 0.170 e. The van der Waals surface area contributed by atoms with E-state index in [0.717, 1.165) is 12.8 Å².